The minimum Gasteiger partial charge on any atom is -0.348 e. The van der Waals surface area contributed by atoms with Crippen molar-refractivity contribution in [1.82, 2.24) is 25.4 Å². The van der Waals surface area contributed by atoms with E-state index in [1.165, 1.54) is 22.7 Å². The monoisotopic (exact) mass is 331 g/mol. The highest BCUT2D eigenvalue weighted by Gasteiger charge is 2.31. The SMILES string of the molecule is Cn1cc([C@@H]2NC(=O)CC[C@H]2NCc2cnc(C3CC3)s2)cn1. The molecule has 0 spiro atoms. The fourth-order valence-electron chi connectivity index (χ4n) is 3.09. The van der Waals surface area contributed by atoms with Crippen molar-refractivity contribution in [3.05, 3.63) is 34.0 Å². The van der Waals surface area contributed by atoms with Crippen LogP contribution in [0.5, 0.6) is 0 Å². The summed E-state index contributed by atoms with van der Waals surface area (Å²) in [6.07, 6.45) is 9.80. The highest BCUT2D eigenvalue weighted by atomic mass is 32.1. The van der Waals surface area contributed by atoms with E-state index in [2.05, 4.69) is 20.7 Å². The Labute approximate surface area is 139 Å². The summed E-state index contributed by atoms with van der Waals surface area (Å²) in [5, 5.41) is 12.2. The van der Waals surface area contributed by atoms with Gasteiger partial charge < -0.3 is 10.6 Å². The predicted octanol–water partition coefficient (Wildman–Crippen LogP) is 1.86. The number of rotatable bonds is 5. The fraction of sp³-hybridized carbons (Fsp3) is 0.562. The third-order valence-electron chi connectivity index (χ3n) is 4.52. The molecule has 2 fully saturated rings. The van der Waals surface area contributed by atoms with Gasteiger partial charge >= 0.3 is 0 Å². The van der Waals surface area contributed by atoms with Gasteiger partial charge in [0.15, 0.2) is 0 Å². The van der Waals surface area contributed by atoms with Gasteiger partial charge in [-0.25, -0.2) is 4.98 Å². The van der Waals surface area contributed by atoms with E-state index < -0.39 is 0 Å². The van der Waals surface area contributed by atoms with Crippen LogP contribution in [0.25, 0.3) is 0 Å². The summed E-state index contributed by atoms with van der Waals surface area (Å²) in [5.41, 5.74) is 1.06. The van der Waals surface area contributed by atoms with Gasteiger partial charge in [0, 0.05) is 54.8 Å². The van der Waals surface area contributed by atoms with Gasteiger partial charge in [-0.15, -0.1) is 11.3 Å². The van der Waals surface area contributed by atoms with Crippen molar-refractivity contribution in [3.63, 3.8) is 0 Å². The van der Waals surface area contributed by atoms with E-state index in [0.29, 0.717) is 12.3 Å². The summed E-state index contributed by atoms with van der Waals surface area (Å²) >= 11 is 1.82. The van der Waals surface area contributed by atoms with Gasteiger partial charge in [-0.2, -0.15) is 5.10 Å². The van der Waals surface area contributed by atoms with Crippen LogP contribution in [0.1, 0.15) is 53.1 Å². The van der Waals surface area contributed by atoms with Gasteiger partial charge in [0.05, 0.1) is 17.2 Å². The van der Waals surface area contributed by atoms with E-state index >= 15 is 0 Å². The lowest BCUT2D eigenvalue weighted by molar-refractivity contribution is -0.123. The molecule has 23 heavy (non-hydrogen) atoms. The molecule has 2 aromatic heterocycles. The van der Waals surface area contributed by atoms with E-state index in [1.54, 1.807) is 4.68 Å². The summed E-state index contributed by atoms with van der Waals surface area (Å²) in [7, 11) is 1.90. The third-order valence-corrected chi connectivity index (χ3v) is 5.68. The molecule has 1 aliphatic heterocycles. The van der Waals surface area contributed by atoms with E-state index in [-0.39, 0.29) is 18.0 Å². The smallest absolute Gasteiger partial charge is 0.220 e. The van der Waals surface area contributed by atoms with E-state index in [4.69, 9.17) is 0 Å². The number of hydrogen-bond acceptors (Lipinski definition) is 5. The molecule has 1 amide bonds. The molecule has 1 saturated carbocycles. The van der Waals surface area contributed by atoms with Crippen LogP contribution in [-0.2, 0) is 18.4 Å². The first-order chi connectivity index (χ1) is 11.2. The van der Waals surface area contributed by atoms with Gasteiger partial charge in [-0.3, -0.25) is 9.48 Å². The predicted molar refractivity (Wildman–Crippen MR) is 88.0 cm³/mol. The van der Waals surface area contributed by atoms with Crippen LogP contribution >= 0.6 is 11.3 Å². The van der Waals surface area contributed by atoms with Gasteiger partial charge in [0.2, 0.25) is 5.91 Å². The summed E-state index contributed by atoms with van der Waals surface area (Å²) in [6.45, 7) is 0.807. The van der Waals surface area contributed by atoms with Gasteiger partial charge in [0.1, 0.15) is 0 Å². The van der Waals surface area contributed by atoms with Crippen molar-refractivity contribution in [2.45, 2.75) is 50.2 Å². The minimum atomic E-state index is -0.0132. The lowest BCUT2D eigenvalue weighted by atomic mass is 9.94. The summed E-state index contributed by atoms with van der Waals surface area (Å²) in [5.74, 6) is 0.830. The van der Waals surface area contributed by atoms with Crippen LogP contribution in [0.4, 0.5) is 0 Å². The topological polar surface area (TPSA) is 71.8 Å². The molecule has 0 unspecified atom stereocenters. The van der Waals surface area contributed by atoms with Gasteiger partial charge in [-0.05, 0) is 19.3 Å². The molecule has 2 aliphatic rings. The zero-order chi connectivity index (χ0) is 15.8. The van der Waals surface area contributed by atoms with Crippen molar-refractivity contribution in [2.75, 3.05) is 0 Å². The van der Waals surface area contributed by atoms with Crippen molar-refractivity contribution >= 4 is 17.2 Å². The zero-order valence-electron chi connectivity index (χ0n) is 13.2. The average Bonchev–Trinajstić information content (AvgIpc) is 3.13. The molecule has 1 aliphatic carbocycles. The normalized spacial score (nSPS) is 24.7. The summed E-state index contributed by atoms with van der Waals surface area (Å²) in [6, 6.07) is 0.212. The molecule has 6 nitrogen and oxygen atoms in total. The number of carbonyl (C=O) groups excluding carboxylic acids is 1. The first-order valence-electron chi connectivity index (χ1n) is 8.15. The van der Waals surface area contributed by atoms with Crippen molar-refractivity contribution < 1.29 is 4.79 Å². The van der Waals surface area contributed by atoms with Crippen LogP contribution in [0.15, 0.2) is 18.6 Å². The van der Waals surface area contributed by atoms with E-state index in [0.717, 1.165) is 18.5 Å². The highest BCUT2D eigenvalue weighted by Crippen LogP contribution is 2.41. The molecular formula is C16H21N5OS. The zero-order valence-corrected chi connectivity index (χ0v) is 14.0. The second-order valence-corrected chi connectivity index (χ2v) is 7.60. The lowest BCUT2D eigenvalue weighted by Crippen LogP contribution is -2.48. The first kappa shape index (κ1) is 14.8. The Morgan fingerprint density at radius 2 is 2.26 bits per heavy atom. The Kier molecular flexibility index (Phi) is 3.90. The molecular weight excluding hydrogens is 310 g/mol. The number of amides is 1. The maximum Gasteiger partial charge on any atom is 0.220 e. The highest BCUT2D eigenvalue weighted by molar-refractivity contribution is 7.11. The molecule has 3 heterocycles. The minimum absolute atomic E-state index is 0.0132. The second kappa shape index (κ2) is 6.05. The van der Waals surface area contributed by atoms with Crippen LogP contribution in [0, 0.1) is 0 Å². The number of nitrogens with zero attached hydrogens (tertiary/aromatic N) is 3. The van der Waals surface area contributed by atoms with Crippen LogP contribution in [0.3, 0.4) is 0 Å². The largest absolute Gasteiger partial charge is 0.348 e. The second-order valence-electron chi connectivity index (χ2n) is 6.46. The van der Waals surface area contributed by atoms with Crippen molar-refractivity contribution in [3.8, 4) is 0 Å². The molecule has 1 saturated heterocycles. The molecule has 7 heteroatoms. The van der Waals surface area contributed by atoms with Gasteiger partial charge in [-0.1, -0.05) is 0 Å². The quantitative estimate of drug-likeness (QED) is 0.877. The third kappa shape index (κ3) is 3.30. The summed E-state index contributed by atoms with van der Waals surface area (Å²) in [4.78, 5) is 17.6. The molecule has 0 radical (unpaired) electrons. The van der Waals surface area contributed by atoms with Crippen LogP contribution in [0.2, 0.25) is 0 Å². The van der Waals surface area contributed by atoms with Crippen LogP contribution in [-0.4, -0.2) is 26.7 Å². The first-order valence-corrected chi connectivity index (χ1v) is 8.96. The number of hydrogen-bond donors (Lipinski definition) is 2. The Morgan fingerprint density at radius 1 is 1.39 bits per heavy atom. The molecule has 2 atom stereocenters. The van der Waals surface area contributed by atoms with E-state index in [9.17, 15) is 4.79 Å². The number of piperidine rings is 1. The molecule has 122 valence electrons. The number of aryl methyl sites for hydroxylation is 1. The molecule has 0 bridgehead atoms. The van der Waals surface area contributed by atoms with Crippen LogP contribution < -0.4 is 10.6 Å². The standard InChI is InChI=1S/C16H21N5OS/c1-21-9-11(6-19-21)15-13(4-5-14(22)20-15)17-7-12-8-18-16(23-12)10-2-3-10/h6,8-10,13,15,17H,2-5,7H2,1H3,(H,20,22)/t13-,15+/m1/s1. The van der Waals surface area contributed by atoms with Crippen molar-refractivity contribution in [2.24, 2.45) is 7.05 Å². The number of nitrogens with one attached hydrogen (secondary N) is 2. The van der Waals surface area contributed by atoms with Gasteiger partial charge in [0.25, 0.3) is 0 Å². The fourth-order valence-corrected chi connectivity index (χ4v) is 4.13. The Hall–Kier alpha value is -1.73. The maximum absolute atomic E-state index is 11.8. The Morgan fingerprint density at radius 3 is 3.00 bits per heavy atom. The van der Waals surface area contributed by atoms with Crippen molar-refractivity contribution in [1.29, 1.82) is 0 Å². The Bertz CT molecular complexity index is 705. The lowest BCUT2D eigenvalue weighted by Gasteiger charge is -2.32. The number of carbonyl (C=O) groups is 1. The summed E-state index contributed by atoms with van der Waals surface area (Å²) < 4.78 is 1.78. The maximum atomic E-state index is 11.8. The molecule has 2 N–H and O–H groups in total. The number of thiazole rings is 1. The molecule has 4 rings (SSSR count). The van der Waals surface area contributed by atoms with E-state index in [1.807, 2.05) is 37.0 Å². The average molecular weight is 331 g/mol. The molecule has 2 aromatic rings. The number of aromatic nitrogens is 3. The molecule has 0 aromatic carbocycles. The Balaban J connectivity index is 1.43.